The van der Waals surface area contributed by atoms with Crippen molar-refractivity contribution in [3.05, 3.63) is 13.6 Å². The Morgan fingerprint density at radius 2 is 2.07 bits per heavy atom. The molecular formula is C9H11Br2NO2S. The van der Waals surface area contributed by atoms with E-state index in [0.717, 1.165) is 8.26 Å². The Kier molecular flexibility index (Phi) is 4.20. The average molecular weight is 357 g/mol. The number of amides is 1. The van der Waals surface area contributed by atoms with Crippen LogP contribution in [0.25, 0.3) is 0 Å². The van der Waals surface area contributed by atoms with E-state index in [-0.39, 0.29) is 0 Å². The van der Waals surface area contributed by atoms with Crippen molar-refractivity contribution in [3.63, 3.8) is 0 Å². The summed E-state index contributed by atoms with van der Waals surface area (Å²) in [7, 11) is 0. The number of carbonyl (C=O) groups excluding carboxylic acids is 1. The van der Waals surface area contributed by atoms with E-state index in [4.69, 9.17) is 4.74 Å². The number of rotatable bonds is 1. The Bertz CT molecular complexity index is 351. The van der Waals surface area contributed by atoms with Crippen LogP contribution in [-0.2, 0) is 4.74 Å². The van der Waals surface area contributed by atoms with Gasteiger partial charge in [-0.3, -0.25) is 5.32 Å². The van der Waals surface area contributed by atoms with Crippen LogP contribution in [0, 0.1) is 0 Å². The van der Waals surface area contributed by atoms with Gasteiger partial charge >= 0.3 is 6.09 Å². The average Bonchev–Trinajstić information content (AvgIpc) is 2.32. The molecule has 15 heavy (non-hydrogen) atoms. The van der Waals surface area contributed by atoms with Crippen molar-refractivity contribution in [2.24, 2.45) is 0 Å². The highest BCUT2D eigenvalue weighted by atomic mass is 79.9. The second-order valence-electron chi connectivity index (χ2n) is 3.86. The van der Waals surface area contributed by atoms with Crippen molar-refractivity contribution >= 4 is 55.0 Å². The Morgan fingerprint density at radius 3 is 2.47 bits per heavy atom. The summed E-state index contributed by atoms with van der Waals surface area (Å²) in [6, 6.07) is 0. The molecule has 0 aliphatic heterocycles. The molecule has 1 aromatic heterocycles. The minimum Gasteiger partial charge on any atom is -0.444 e. The summed E-state index contributed by atoms with van der Waals surface area (Å²) in [6.07, 6.45) is -0.456. The lowest BCUT2D eigenvalue weighted by atomic mass is 10.2. The van der Waals surface area contributed by atoms with Crippen LogP contribution in [0.15, 0.2) is 13.6 Å². The van der Waals surface area contributed by atoms with Crippen molar-refractivity contribution in [2.45, 2.75) is 26.4 Å². The molecule has 6 heteroatoms. The number of carbonyl (C=O) groups is 1. The van der Waals surface area contributed by atoms with E-state index in [0.29, 0.717) is 5.69 Å². The lowest BCUT2D eigenvalue weighted by Crippen LogP contribution is -2.27. The highest BCUT2D eigenvalue weighted by molar-refractivity contribution is 9.11. The van der Waals surface area contributed by atoms with E-state index >= 15 is 0 Å². The number of anilines is 1. The number of ether oxygens (including phenoxy) is 1. The lowest BCUT2D eigenvalue weighted by molar-refractivity contribution is 0.0636. The van der Waals surface area contributed by atoms with Gasteiger partial charge in [0.25, 0.3) is 0 Å². The second-order valence-corrected chi connectivity index (χ2v) is 6.91. The Labute approximate surface area is 109 Å². The van der Waals surface area contributed by atoms with E-state index in [2.05, 4.69) is 37.2 Å². The van der Waals surface area contributed by atoms with Gasteiger partial charge in [-0.2, -0.15) is 0 Å². The molecule has 84 valence electrons. The standard InChI is InChI=1S/C9H11Br2NO2S/c1-9(2,3)14-8(13)12-6-5(10)4-15-7(6)11/h4H,1-3H3,(H,12,13). The van der Waals surface area contributed by atoms with Gasteiger partial charge in [0.1, 0.15) is 5.60 Å². The van der Waals surface area contributed by atoms with Crippen LogP contribution < -0.4 is 5.32 Å². The topological polar surface area (TPSA) is 38.3 Å². The zero-order chi connectivity index (χ0) is 11.6. The van der Waals surface area contributed by atoms with Crippen molar-refractivity contribution in [2.75, 3.05) is 5.32 Å². The third kappa shape index (κ3) is 4.12. The third-order valence-corrected chi connectivity index (χ3v) is 3.98. The van der Waals surface area contributed by atoms with E-state index in [1.807, 2.05) is 26.2 Å². The summed E-state index contributed by atoms with van der Waals surface area (Å²) in [4.78, 5) is 11.5. The van der Waals surface area contributed by atoms with Crippen LogP contribution >= 0.6 is 43.2 Å². The van der Waals surface area contributed by atoms with E-state index < -0.39 is 11.7 Å². The molecule has 0 bridgehead atoms. The smallest absolute Gasteiger partial charge is 0.412 e. The maximum Gasteiger partial charge on any atom is 0.412 e. The molecule has 1 heterocycles. The third-order valence-electron chi connectivity index (χ3n) is 1.33. The van der Waals surface area contributed by atoms with E-state index in [1.165, 1.54) is 11.3 Å². The van der Waals surface area contributed by atoms with Crippen molar-refractivity contribution < 1.29 is 9.53 Å². The minimum absolute atomic E-state index is 0.456. The van der Waals surface area contributed by atoms with Gasteiger partial charge in [-0.1, -0.05) is 0 Å². The first-order valence-corrected chi connectivity index (χ1v) is 6.68. The van der Waals surface area contributed by atoms with Gasteiger partial charge in [-0.25, -0.2) is 4.79 Å². The monoisotopic (exact) mass is 355 g/mol. The number of thiophene rings is 1. The quantitative estimate of drug-likeness (QED) is 0.797. The van der Waals surface area contributed by atoms with Crippen LogP contribution in [-0.4, -0.2) is 11.7 Å². The van der Waals surface area contributed by atoms with Crippen LogP contribution in [0.4, 0.5) is 10.5 Å². The molecule has 0 fully saturated rings. The number of halogens is 2. The fourth-order valence-corrected chi connectivity index (χ4v) is 3.00. The van der Waals surface area contributed by atoms with Gasteiger partial charge in [0, 0.05) is 5.38 Å². The molecule has 0 aromatic carbocycles. The van der Waals surface area contributed by atoms with Crippen molar-refractivity contribution in [1.82, 2.24) is 0 Å². The molecule has 0 aliphatic rings. The molecule has 0 aliphatic carbocycles. The normalized spacial score (nSPS) is 11.3. The van der Waals surface area contributed by atoms with Gasteiger partial charge in [-0.15, -0.1) is 11.3 Å². The molecule has 0 saturated carbocycles. The fraction of sp³-hybridized carbons (Fsp3) is 0.444. The first-order chi connectivity index (χ1) is 6.79. The predicted molar refractivity (Wildman–Crippen MR) is 69.6 cm³/mol. The first kappa shape index (κ1) is 13.0. The Hall–Kier alpha value is -0.0700. The second kappa shape index (κ2) is 4.84. The maximum atomic E-state index is 11.5. The van der Waals surface area contributed by atoms with Gasteiger partial charge < -0.3 is 4.74 Å². The number of hydrogen-bond donors (Lipinski definition) is 1. The maximum absolute atomic E-state index is 11.5. The molecule has 1 rings (SSSR count). The molecule has 3 nitrogen and oxygen atoms in total. The van der Waals surface area contributed by atoms with Crippen molar-refractivity contribution in [1.29, 1.82) is 0 Å². The first-order valence-electron chi connectivity index (χ1n) is 4.22. The summed E-state index contributed by atoms with van der Waals surface area (Å²) in [6.45, 7) is 5.47. The van der Waals surface area contributed by atoms with Crippen molar-refractivity contribution in [3.8, 4) is 0 Å². The predicted octanol–water partition coefficient (Wildman–Crippen LogP) is 4.62. The fourth-order valence-electron chi connectivity index (χ4n) is 0.830. The van der Waals surface area contributed by atoms with Crippen LogP contribution in [0.3, 0.4) is 0 Å². The zero-order valence-corrected chi connectivity index (χ0v) is 12.5. The van der Waals surface area contributed by atoms with Gasteiger partial charge in [0.15, 0.2) is 0 Å². The highest BCUT2D eigenvalue weighted by Gasteiger charge is 2.18. The van der Waals surface area contributed by atoms with Gasteiger partial charge in [-0.05, 0) is 52.6 Å². The number of nitrogens with one attached hydrogen (secondary N) is 1. The summed E-state index contributed by atoms with van der Waals surface area (Å²) in [5, 5.41) is 4.56. The molecule has 0 spiro atoms. The number of hydrogen-bond acceptors (Lipinski definition) is 3. The van der Waals surface area contributed by atoms with Gasteiger partial charge in [0.05, 0.1) is 13.9 Å². The van der Waals surface area contributed by atoms with E-state index in [1.54, 1.807) is 0 Å². The molecule has 1 N–H and O–H groups in total. The molecule has 0 unspecified atom stereocenters. The molecule has 0 atom stereocenters. The van der Waals surface area contributed by atoms with E-state index in [9.17, 15) is 4.79 Å². The van der Waals surface area contributed by atoms with Crippen LogP contribution in [0.1, 0.15) is 20.8 Å². The molecular weight excluding hydrogens is 346 g/mol. The zero-order valence-electron chi connectivity index (χ0n) is 8.56. The van der Waals surface area contributed by atoms with Gasteiger partial charge in [0.2, 0.25) is 0 Å². The molecule has 0 saturated heterocycles. The lowest BCUT2D eigenvalue weighted by Gasteiger charge is -2.19. The summed E-state index contributed by atoms with van der Waals surface area (Å²) < 4.78 is 6.83. The summed E-state index contributed by atoms with van der Waals surface area (Å²) in [5.74, 6) is 0. The minimum atomic E-state index is -0.487. The molecule has 1 aromatic rings. The largest absolute Gasteiger partial charge is 0.444 e. The van der Waals surface area contributed by atoms with Crippen LogP contribution in [0.2, 0.25) is 0 Å². The summed E-state index contributed by atoms with van der Waals surface area (Å²) in [5.41, 5.74) is 0.216. The highest BCUT2D eigenvalue weighted by Crippen LogP contribution is 2.37. The Morgan fingerprint density at radius 1 is 1.47 bits per heavy atom. The Balaban J connectivity index is 2.67. The molecule has 0 radical (unpaired) electrons. The SMILES string of the molecule is CC(C)(C)OC(=O)Nc1c(Br)csc1Br. The molecule has 1 amide bonds. The van der Waals surface area contributed by atoms with Crippen LogP contribution in [0.5, 0.6) is 0 Å². The summed E-state index contributed by atoms with van der Waals surface area (Å²) >= 11 is 8.17.